The third-order valence-electron chi connectivity index (χ3n) is 5.66. The monoisotopic (exact) mass is 519 g/mol. The Balaban J connectivity index is 1.72. The Morgan fingerprint density at radius 3 is 2.53 bits per heavy atom. The van der Waals surface area contributed by atoms with Crippen LogP contribution in [0.25, 0.3) is 10.9 Å². The summed E-state index contributed by atoms with van der Waals surface area (Å²) in [5.74, 6) is -0.246. The van der Waals surface area contributed by atoms with Gasteiger partial charge in [-0.25, -0.2) is 4.98 Å². The van der Waals surface area contributed by atoms with E-state index in [0.29, 0.717) is 45.3 Å². The number of amides is 1. The molecule has 4 rings (SSSR count). The van der Waals surface area contributed by atoms with E-state index in [4.69, 9.17) is 16.6 Å². The van der Waals surface area contributed by atoms with E-state index in [2.05, 4.69) is 5.32 Å². The topological polar surface area (TPSA) is 81.1 Å². The number of benzene rings is 3. The van der Waals surface area contributed by atoms with Crippen LogP contribution in [0.3, 0.4) is 0 Å². The first-order chi connectivity index (χ1) is 17.4. The second-order valence-electron chi connectivity index (χ2n) is 8.48. The summed E-state index contributed by atoms with van der Waals surface area (Å²) < 4.78 is 1.58. The number of hydrogen-bond donors (Lipinski definition) is 1. The van der Waals surface area contributed by atoms with Crippen LogP contribution in [0.1, 0.15) is 45.2 Å². The maximum Gasteiger partial charge on any atom is 0.262 e. The molecule has 0 spiro atoms. The Bertz CT molecular complexity index is 1480. The van der Waals surface area contributed by atoms with Gasteiger partial charge in [0, 0.05) is 22.7 Å². The molecule has 0 atom stereocenters. The number of rotatable bonds is 9. The summed E-state index contributed by atoms with van der Waals surface area (Å²) in [5.41, 5.74) is 3.20. The van der Waals surface area contributed by atoms with E-state index in [1.54, 1.807) is 47.0 Å². The summed E-state index contributed by atoms with van der Waals surface area (Å²) in [6.07, 6.45) is 0.822. The van der Waals surface area contributed by atoms with Gasteiger partial charge in [0.25, 0.3) is 11.5 Å². The van der Waals surface area contributed by atoms with Gasteiger partial charge in [-0.05, 0) is 49.2 Å². The van der Waals surface area contributed by atoms with E-state index < -0.39 is 0 Å². The van der Waals surface area contributed by atoms with Crippen molar-refractivity contribution in [2.24, 2.45) is 0 Å². The van der Waals surface area contributed by atoms with Crippen LogP contribution in [0.5, 0.6) is 0 Å². The molecule has 0 fully saturated rings. The van der Waals surface area contributed by atoms with Gasteiger partial charge in [0.2, 0.25) is 0 Å². The van der Waals surface area contributed by atoms with Gasteiger partial charge < -0.3 is 5.32 Å². The van der Waals surface area contributed by atoms with Gasteiger partial charge in [-0.1, -0.05) is 72.2 Å². The van der Waals surface area contributed by atoms with Crippen LogP contribution in [0, 0.1) is 6.92 Å². The van der Waals surface area contributed by atoms with E-state index in [-0.39, 0.29) is 23.0 Å². The maximum absolute atomic E-state index is 13.5. The van der Waals surface area contributed by atoms with Crippen LogP contribution in [-0.2, 0) is 6.54 Å². The molecule has 184 valence electrons. The molecule has 0 saturated heterocycles. The van der Waals surface area contributed by atoms with E-state index in [9.17, 15) is 14.4 Å². The van der Waals surface area contributed by atoms with Gasteiger partial charge in [0.05, 0.1) is 23.2 Å². The standard InChI is InChI=1S/C28H26ClN3O3S/c1-3-13-30-26(34)21-11-12-23-24(15-21)31-28(36-17-25(33)20-5-4-6-22(29)14-20)32(27(23)35)16-19-9-7-18(2)8-10-19/h4-12,14-15H,3,13,16-17H2,1-2H3,(H,30,34). The number of hydrogen-bond acceptors (Lipinski definition) is 5. The lowest BCUT2D eigenvalue weighted by atomic mass is 10.1. The molecule has 0 unspecified atom stereocenters. The molecule has 1 N–H and O–H groups in total. The van der Waals surface area contributed by atoms with Crippen LogP contribution in [0.2, 0.25) is 5.02 Å². The van der Waals surface area contributed by atoms with Crippen LogP contribution in [0.4, 0.5) is 0 Å². The van der Waals surface area contributed by atoms with Crippen LogP contribution < -0.4 is 10.9 Å². The van der Waals surface area contributed by atoms with Gasteiger partial charge in [-0.2, -0.15) is 0 Å². The SMILES string of the molecule is CCCNC(=O)c1ccc2c(=O)n(Cc3ccc(C)cc3)c(SCC(=O)c3cccc(Cl)c3)nc2c1. The number of carbonyl (C=O) groups excluding carboxylic acids is 2. The molecule has 0 aliphatic carbocycles. The average Bonchev–Trinajstić information content (AvgIpc) is 2.88. The number of aryl methyl sites for hydroxylation is 1. The first kappa shape index (κ1) is 25.7. The molecule has 1 amide bonds. The maximum atomic E-state index is 13.5. The van der Waals surface area contributed by atoms with E-state index in [1.165, 1.54) is 11.8 Å². The fraction of sp³-hybridized carbons (Fsp3) is 0.214. The molecule has 1 aromatic heterocycles. The molecule has 6 nitrogen and oxygen atoms in total. The van der Waals surface area contributed by atoms with Gasteiger partial charge in [-0.15, -0.1) is 0 Å². The highest BCUT2D eigenvalue weighted by molar-refractivity contribution is 7.99. The Morgan fingerprint density at radius 2 is 1.81 bits per heavy atom. The molecule has 8 heteroatoms. The number of nitrogens with zero attached hydrogens (tertiary/aromatic N) is 2. The molecule has 4 aromatic rings. The van der Waals surface area contributed by atoms with Crippen molar-refractivity contribution in [1.82, 2.24) is 14.9 Å². The first-order valence-corrected chi connectivity index (χ1v) is 13.0. The van der Waals surface area contributed by atoms with Crippen LogP contribution in [0.15, 0.2) is 76.7 Å². The highest BCUT2D eigenvalue weighted by Crippen LogP contribution is 2.22. The Kier molecular flexibility index (Phi) is 8.23. The van der Waals surface area contributed by atoms with E-state index in [0.717, 1.165) is 17.5 Å². The van der Waals surface area contributed by atoms with Crippen LogP contribution >= 0.6 is 23.4 Å². The first-order valence-electron chi connectivity index (χ1n) is 11.7. The van der Waals surface area contributed by atoms with Crippen molar-refractivity contribution in [3.05, 3.63) is 104 Å². The number of ketones is 1. The lowest BCUT2D eigenvalue weighted by molar-refractivity contribution is 0.0953. The quantitative estimate of drug-likeness (QED) is 0.179. The van der Waals surface area contributed by atoms with E-state index in [1.807, 2.05) is 38.1 Å². The third kappa shape index (κ3) is 6.04. The summed E-state index contributed by atoms with van der Waals surface area (Å²) in [4.78, 5) is 43.6. The van der Waals surface area contributed by atoms with Gasteiger partial charge in [0.1, 0.15) is 0 Å². The molecule has 0 radical (unpaired) electrons. The van der Waals surface area contributed by atoms with Crippen molar-refractivity contribution in [2.75, 3.05) is 12.3 Å². The molecular weight excluding hydrogens is 494 g/mol. The largest absolute Gasteiger partial charge is 0.352 e. The van der Waals surface area contributed by atoms with Crippen molar-refractivity contribution in [3.63, 3.8) is 0 Å². The number of fused-ring (bicyclic) bond motifs is 1. The van der Waals surface area contributed by atoms with Gasteiger partial charge >= 0.3 is 0 Å². The van der Waals surface area contributed by atoms with Crippen molar-refractivity contribution in [2.45, 2.75) is 32.0 Å². The molecule has 0 aliphatic rings. The zero-order valence-corrected chi connectivity index (χ0v) is 21.7. The summed E-state index contributed by atoms with van der Waals surface area (Å²) in [6, 6.07) is 19.6. The summed E-state index contributed by atoms with van der Waals surface area (Å²) in [5, 5.41) is 4.16. The predicted molar refractivity (Wildman–Crippen MR) is 145 cm³/mol. The lowest BCUT2D eigenvalue weighted by Crippen LogP contribution is -2.26. The highest BCUT2D eigenvalue weighted by atomic mass is 35.5. The van der Waals surface area contributed by atoms with Crippen molar-refractivity contribution < 1.29 is 9.59 Å². The van der Waals surface area contributed by atoms with Gasteiger partial charge in [-0.3, -0.25) is 19.0 Å². The second-order valence-corrected chi connectivity index (χ2v) is 9.86. The van der Waals surface area contributed by atoms with Gasteiger partial charge in [0.15, 0.2) is 10.9 Å². The van der Waals surface area contributed by atoms with E-state index >= 15 is 0 Å². The zero-order chi connectivity index (χ0) is 25.7. The number of halogens is 1. The summed E-state index contributed by atoms with van der Waals surface area (Å²) in [6.45, 7) is 4.86. The number of Topliss-reactive ketones (excluding diaryl/α,β-unsaturated/α-hetero) is 1. The van der Waals surface area contributed by atoms with Crippen LogP contribution in [-0.4, -0.2) is 33.5 Å². The Labute approximate surface area is 218 Å². The van der Waals surface area contributed by atoms with Crippen molar-refractivity contribution >= 4 is 46.0 Å². The zero-order valence-electron chi connectivity index (χ0n) is 20.1. The number of thioether (sulfide) groups is 1. The van der Waals surface area contributed by atoms with Crippen molar-refractivity contribution in [1.29, 1.82) is 0 Å². The second kappa shape index (κ2) is 11.5. The lowest BCUT2D eigenvalue weighted by Gasteiger charge is -2.14. The Morgan fingerprint density at radius 1 is 1.03 bits per heavy atom. The minimum Gasteiger partial charge on any atom is -0.352 e. The molecule has 36 heavy (non-hydrogen) atoms. The fourth-order valence-electron chi connectivity index (χ4n) is 3.68. The highest BCUT2D eigenvalue weighted by Gasteiger charge is 2.16. The number of carbonyl (C=O) groups is 2. The predicted octanol–water partition coefficient (Wildman–Crippen LogP) is 5.52. The fourth-order valence-corrected chi connectivity index (χ4v) is 4.77. The molecule has 0 saturated carbocycles. The molecule has 0 bridgehead atoms. The molecular formula is C28H26ClN3O3S. The minimum atomic E-state index is -0.223. The summed E-state index contributed by atoms with van der Waals surface area (Å²) in [7, 11) is 0. The average molecular weight is 520 g/mol. The number of aromatic nitrogens is 2. The van der Waals surface area contributed by atoms with Crippen molar-refractivity contribution in [3.8, 4) is 0 Å². The smallest absolute Gasteiger partial charge is 0.262 e. The molecule has 1 heterocycles. The normalized spacial score (nSPS) is 11.0. The molecule has 0 aliphatic heterocycles. The number of nitrogens with one attached hydrogen (secondary N) is 1. The molecule has 3 aromatic carbocycles. The third-order valence-corrected chi connectivity index (χ3v) is 6.87. The summed E-state index contributed by atoms with van der Waals surface area (Å²) >= 11 is 7.24. The minimum absolute atomic E-state index is 0.0862. The Hall–Kier alpha value is -3.42.